The van der Waals surface area contributed by atoms with Gasteiger partial charge in [0.25, 0.3) is 0 Å². The van der Waals surface area contributed by atoms with Crippen LogP contribution in [0.1, 0.15) is 131 Å². The van der Waals surface area contributed by atoms with Crippen molar-refractivity contribution in [1.82, 2.24) is 10.6 Å². The highest BCUT2D eigenvalue weighted by Gasteiger charge is 2.65. The number of hydrogen-bond donors (Lipinski definition) is 6. The molecule has 12 atom stereocenters. The van der Waals surface area contributed by atoms with Gasteiger partial charge in [-0.05, 0) is 122 Å². The summed E-state index contributed by atoms with van der Waals surface area (Å²) < 4.78 is 0. The third-order valence-corrected chi connectivity index (χ3v) is 14.7. The Kier molecular flexibility index (Phi) is 11.1. The zero-order chi connectivity index (χ0) is 34.3. The van der Waals surface area contributed by atoms with E-state index < -0.39 is 29.6 Å². The van der Waals surface area contributed by atoms with Crippen LogP contribution in [-0.2, 0) is 14.4 Å². The minimum Gasteiger partial charge on any atom is -0.481 e. The van der Waals surface area contributed by atoms with Gasteiger partial charge >= 0.3 is 5.97 Å². The molecule has 5 saturated carbocycles. The van der Waals surface area contributed by atoms with E-state index in [1.165, 1.54) is 0 Å². The van der Waals surface area contributed by atoms with Crippen LogP contribution in [-0.4, -0.2) is 69.1 Å². The summed E-state index contributed by atoms with van der Waals surface area (Å²) in [5, 5.41) is 49.3. The molecule has 0 bridgehead atoms. The maximum Gasteiger partial charge on any atom is 0.303 e. The summed E-state index contributed by atoms with van der Waals surface area (Å²) in [7, 11) is 0. The van der Waals surface area contributed by atoms with E-state index in [-0.39, 0.29) is 70.7 Å². The predicted octanol–water partition coefficient (Wildman–Crippen LogP) is 5.05. The maximum atomic E-state index is 13.3. The Hall–Kier alpha value is -1.71. The van der Waals surface area contributed by atoms with E-state index in [1.54, 1.807) is 0 Å². The van der Waals surface area contributed by atoms with Crippen LogP contribution in [0.3, 0.4) is 0 Å². The number of aliphatic hydroxyl groups is 3. The minimum atomic E-state index is -0.838. The molecule has 5 fully saturated rings. The van der Waals surface area contributed by atoms with E-state index in [4.69, 9.17) is 0 Å². The molecule has 9 heteroatoms. The van der Waals surface area contributed by atoms with E-state index in [9.17, 15) is 34.8 Å². The van der Waals surface area contributed by atoms with Crippen molar-refractivity contribution in [2.45, 2.75) is 155 Å². The number of hydrogen-bond acceptors (Lipinski definition) is 6. The first-order valence-corrected chi connectivity index (χ1v) is 18.9. The molecule has 5 rings (SSSR count). The first-order valence-electron chi connectivity index (χ1n) is 18.9. The molecule has 0 spiro atoms. The van der Waals surface area contributed by atoms with Gasteiger partial charge in [-0.1, -0.05) is 53.9 Å². The molecule has 2 amide bonds. The van der Waals surface area contributed by atoms with Crippen molar-refractivity contribution in [3.05, 3.63) is 0 Å². The fraction of sp³-hybridized carbons (Fsp3) is 0.921. The molecule has 9 unspecified atom stereocenters. The monoisotopic (exact) mass is 660 g/mol. The highest BCUT2D eigenvalue weighted by Crippen LogP contribution is 2.68. The van der Waals surface area contributed by atoms with Gasteiger partial charge in [0, 0.05) is 13.0 Å². The smallest absolute Gasteiger partial charge is 0.303 e. The van der Waals surface area contributed by atoms with Crippen LogP contribution < -0.4 is 10.6 Å². The van der Waals surface area contributed by atoms with Gasteiger partial charge in [-0.2, -0.15) is 0 Å². The Bertz CT molecular complexity index is 1140. The van der Waals surface area contributed by atoms with Crippen LogP contribution in [0.4, 0.5) is 0 Å². The quantitative estimate of drug-likeness (QED) is 0.181. The lowest BCUT2D eigenvalue weighted by atomic mass is 9.43. The van der Waals surface area contributed by atoms with E-state index in [2.05, 4.69) is 31.4 Å². The Balaban J connectivity index is 1.18. The molecule has 47 heavy (non-hydrogen) atoms. The summed E-state index contributed by atoms with van der Waals surface area (Å²) >= 11 is 0. The molecule has 0 aliphatic heterocycles. The zero-order valence-electron chi connectivity index (χ0n) is 29.7. The van der Waals surface area contributed by atoms with Gasteiger partial charge in [0.05, 0.1) is 24.7 Å². The van der Waals surface area contributed by atoms with Gasteiger partial charge in [0.15, 0.2) is 0 Å². The van der Waals surface area contributed by atoms with E-state index in [0.29, 0.717) is 31.7 Å². The molecule has 5 aliphatic carbocycles. The van der Waals surface area contributed by atoms with Crippen molar-refractivity contribution in [3.8, 4) is 0 Å². The van der Waals surface area contributed by atoms with Crippen LogP contribution in [0.25, 0.3) is 0 Å². The topological polar surface area (TPSA) is 156 Å². The summed E-state index contributed by atoms with van der Waals surface area (Å²) in [6.07, 6.45) is 10.4. The Morgan fingerprint density at radius 3 is 2.23 bits per heavy atom. The Morgan fingerprint density at radius 1 is 0.872 bits per heavy atom. The summed E-state index contributed by atoms with van der Waals surface area (Å²) in [6.45, 7) is 10.9. The molecule has 0 radical (unpaired) electrons. The summed E-state index contributed by atoms with van der Waals surface area (Å²) in [4.78, 5) is 38.2. The number of rotatable bonds is 11. The van der Waals surface area contributed by atoms with Crippen molar-refractivity contribution < 1.29 is 34.8 Å². The molecule has 6 N–H and O–H groups in total. The van der Waals surface area contributed by atoms with Crippen LogP contribution in [0.5, 0.6) is 0 Å². The number of nitrogens with one attached hydrogen (secondary N) is 2. The van der Waals surface area contributed by atoms with Gasteiger partial charge in [-0.3, -0.25) is 14.4 Å². The molecule has 0 aromatic heterocycles. The lowest BCUT2D eigenvalue weighted by molar-refractivity contribution is -0.207. The molecular weight excluding hydrogens is 596 g/mol. The largest absolute Gasteiger partial charge is 0.481 e. The van der Waals surface area contributed by atoms with Gasteiger partial charge in [-0.25, -0.2) is 0 Å². The number of amides is 2. The molecule has 0 saturated heterocycles. The van der Waals surface area contributed by atoms with Crippen molar-refractivity contribution in [1.29, 1.82) is 0 Å². The van der Waals surface area contributed by atoms with E-state index in [1.807, 2.05) is 13.8 Å². The SMILES string of the molecule is CC(C)C(NC(=O)CC[C@@H](C)C1CCC2C3C(O)CC4C[C@H](O)CCC4(C)C3C[C@H](O)C21C)C(=O)NCC1(CC(=O)O)CCCCC1. The van der Waals surface area contributed by atoms with Crippen molar-refractivity contribution in [2.24, 2.45) is 57.7 Å². The fourth-order valence-electron chi connectivity index (χ4n) is 11.9. The van der Waals surface area contributed by atoms with Crippen LogP contribution in [0, 0.1) is 57.7 Å². The maximum absolute atomic E-state index is 13.3. The van der Waals surface area contributed by atoms with Gasteiger partial charge in [0.1, 0.15) is 6.04 Å². The number of aliphatic carboxylic acids is 1. The number of fused-ring (bicyclic) bond motifs is 5. The van der Waals surface area contributed by atoms with Gasteiger partial charge < -0.3 is 31.1 Å². The lowest BCUT2D eigenvalue weighted by Crippen LogP contribution is -2.62. The Morgan fingerprint density at radius 2 is 1.57 bits per heavy atom. The van der Waals surface area contributed by atoms with Crippen LogP contribution in [0.2, 0.25) is 0 Å². The highest BCUT2D eigenvalue weighted by molar-refractivity contribution is 5.87. The number of carbonyl (C=O) groups is 3. The second-order valence-corrected chi connectivity index (χ2v) is 17.7. The average molecular weight is 661 g/mol. The first-order chi connectivity index (χ1) is 22.1. The second kappa shape index (κ2) is 14.3. The summed E-state index contributed by atoms with van der Waals surface area (Å²) in [5.74, 6) is 0.0243. The van der Waals surface area contributed by atoms with Crippen LogP contribution in [0.15, 0.2) is 0 Å². The average Bonchev–Trinajstić information content (AvgIpc) is 3.37. The van der Waals surface area contributed by atoms with Crippen molar-refractivity contribution in [2.75, 3.05) is 6.54 Å². The third kappa shape index (κ3) is 7.15. The summed E-state index contributed by atoms with van der Waals surface area (Å²) in [6, 6.07) is -0.687. The standard InChI is InChI=1S/C38H64N2O7/c1-22(2)34(35(47)39-21-38(20-32(45)46)14-7-6-8-15-38)40-31(44)12-9-23(3)26-10-11-27-33-28(19-30(43)37(26,27)5)36(4)16-13-25(41)17-24(36)18-29(33)42/h22-30,33-34,41-43H,6-21H2,1-5H3,(H,39,47)(H,40,44)(H,45,46)/t23-,24?,25-,26?,27?,28?,29?,30+,33?,34?,36?,37?/m1/s1. The molecular formula is C38H64N2O7. The molecule has 0 heterocycles. The van der Waals surface area contributed by atoms with Crippen molar-refractivity contribution >= 4 is 17.8 Å². The number of carboxylic acid groups (broad SMARTS) is 1. The minimum absolute atomic E-state index is 0.0414. The number of carboxylic acids is 1. The molecule has 0 aromatic carbocycles. The van der Waals surface area contributed by atoms with E-state index in [0.717, 1.165) is 70.6 Å². The number of aliphatic hydroxyl groups excluding tert-OH is 3. The number of carbonyl (C=O) groups excluding carboxylic acids is 2. The van der Waals surface area contributed by atoms with Crippen LogP contribution >= 0.6 is 0 Å². The molecule has 0 aromatic rings. The third-order valence-electron chi connectivity index (χ3n) is 14.7. The van der Waals surface area contributed by atoms with E-state index >= 15 is 0 Å². The Labute approximate surface area is 282 Å². The normalized spacial score (nSPS) is 40.8. The molecule has 9 nitrogen and oxygen atoms in total. The molecule has 268 valence electrons. The summed E-state index contributed by atoms with van der Waals surface area (Å²) in [5.41, 5.74) is -0.702. The first kappa shape index (κ1) is 36.6. The predicted molar refractivity (Wildman–Crippen MR) is 180 cm³/mol. The lowest BCUT2D eigenvalue weighted by Gasteiger charge is -2.63. The second-order valence-electron chi connectivity index (χ2n) is 17.7. The van der Waals surface area contributed by atoms with Gasteiger partial charge in [-0.15, -0.1) is 0 Å². The van der Waals surface area contributed by atoms with Gasteiger partial charge in [0.2, 0.25) is 11.8 Å². The fourth-order valence-corrected chi connectivity index (χ4v) is 11.9. The highest BCUT2D eigenvalue weighted by atomic mass is 16.4. The zero-order valence-corrected chi connectivity index (χ0v) is 29.7. The van der Waals surface area contributed by atoms with Crippen molar-refractivity contribution in [3.63, 3.8) is 0 Å². The molecule has 5 aliphatic rings.